The summed E-state index contributed by atoms with van der Waals surface area (Å²) in [4.78, 5) is -0.129. The van der Waals surface area contributed by atoms with Crippen LogP contribution < -0.4 is 4.72 Å². The summed E-state index contributed by atoms with van der Waals surface area (Å²) in [6.45, 7) is 0. The fraction of sp³-hybridized carbons (Fsp3) is 0.500. The zero-order valence-corrected chi connectivity index (χ0v) is 12.5. The lowest BCUT2D eigenvalue weighted by atomic mass is 9.93. The van der Waals surface area contributed by atoms with Crippen molar-refractivity contribution < 1.29 is 13.5 Å². The molecule has 1 aromatic carbocycles. The second-order valence-electron chi connectivity index (χ2n) is 4.63. The summed E-state index contributed by atoms with van der Waals surface area (Å²) in [6, 6.07) is 4.05. The van der Waals surface area contributed by atoms with Crippen LogP contribution >= 0.6 is 23.2 Å². The number of sulfonamides is 1. The Morgan fingerprint density at radius 2 is 1.74 bits per heavy atom. The Morgan fingerprint density at radius 1 is 1.16 bits per heavy atom. The molecule has 1 aromatic rings. The van der Waals surface area contributed by atoms with Crippen LogP contribution in [0.4, 0.5) is 0 Å². The molecule has 0 amide bonds. The van der Waals surface area contributed by atoms with Gasteiger partial charge in [0.2, 0.25) is 10.0 Å². The van der Waals surface area contributed by atoms with Crippen LogP contribution in [0.5, 0.6) is 0 Å². The predicted molar refractivity (Wildman–Crippen MR) is 75.0 cm³/mol. The minimum Gasteiger partial charge on any atom is -0.391 e. The van der Waals surface area contributed by atoms with Crippen LogP contribution in [0, 0.1) is 0 Å². The molecule has 2 N–H and O–H groups in total. The third-order valence-electron chi connectivity index (χ3n) is 3.22. The van der Waals surface area contributed by atoms with Crippen LogP contribution in [0.25, 0.3) is 0 Å². The Bertz CT molecular complexity index is 542. The summed E-state index contributed by atoms with van der Waals surface area (Å²) >= 11 is 11.8. The third kappa shape index (κ3) is 3.41. The van der Waals surface area contributed by atoms with E-state index < -0.39 is 22.2 Å². The standard InChI is InChI=1S/C12H15Cl2NO3S/c13-8-4-3-5-9(14)12(8)19(17,18)15-10-6-1-2-7-11(10)16/h3-5,10-11,15-16H,1-2,6-7H2. The van der Waals surface area contributed by atoms with E-state index in [2.05, 4.69) is 4.72 Å². The lowest BCUT2D eigenvalue weighted by Gasteiger charge is -2.28. The van der Waals surface area contributed by atoms with Gasteiger partial charge in [-0.1, -0.05) is 42.1 Å². The van der Waals surface area contributed by atoms with Crippen LogP contribution in [0.3, 0.4) is 0 Å². The molecule has 0 spiro atoms. The fourth-order valence-corrected chi connectivity index (χ4v) is 4.69. The Morgan fingerprint density at radius 3 is 2.32 bits per heavy atom. The quantitative estimate of drug-likeness (QED) is 0.898. The molecule has 0 aliphatic heterocycles. The topological polar surface area (TPSA) is 66.4 Å². The Labute approximate surface area is 122 Å². The van der Waals surface area contributed by atoms with E-state index in [1.807, 2.05) is 0 Å². The van der Waals surface area contributed by atoms with E-state index in [0.717, 1.165) is 12.8 Å². The van der Waals surface area contributed by atoms with Crippen molar-refractivity contribution in [3.8, 4) is 0 Å². The smallest absolute Gasteiger partial charge is 0.243 e. The monoisotopic (exact) mass is 323 g/mol. The van der Waals surface area contributed by atoms with Gasteiger partial charge in [0.15, 0.2) is 0 Å². The Balaban J connectivity index is 2.27. The lowest BCUT2D eigenvalue weighted by Crippen LogP contribution is -2.45. The first kappa shape index (κ1) is 15.1. The van der Waals surface area contributed by atoms with E-state index in [1.54, 1.807) is 6.07 Å². The summed E-state index contributed by atoms with van der Waals surface area (Å²) in [5.74, 6) is 0. The molecule has 0 aromatic heterocycles. The molecule has 2 unspecified atom stereocenters. The number of aliphatic hydroxyl groups excluding tert-OH is 1. The molecular formula is C12H15Cl2NO3S. The molecule has 4 nitrogen and oxygen atoms in total. The molecule has 1 aliphatic carbocycles. The number of nitrogens with one attached hydrogen (secondary N) is 1. The zero-order chi connectivity index (χ0) is 14.0. The van der Waals surface area contributed by atoms with E-state index in [4.69, 9.17) is 23.2 Å². The maximum absolute atomic E-state index is 12.3. The second kappa shape index (κ2) is 5.97. The number of aliphatic hydroxyl groups is 1. The number of benzene rings is 1. The average Bonchev–Trinajstić information content (AvgIpc) is 2.31. The average molecular weight is 324 g/mol. The van der Waals surface area contributed by atoms with Crippen LogP contribution in [-0.4, -0.2) is 25.7 Å². The third-order valence-corrected chi connectivity index (χ3v) is 5.67. The van der Waals surface area contributed by atoms with Crippen LogP contribution in [0.2, 0.25) is 10.0 Å². The summed E-state index contributed by atoms with van der Waals surface area (Å²) < 4.78 is 27.1. The van der Waals surface area contributed by atoms with Crippen molar-refractivity contribution in [2.75, 3.05) is 0 Å². The van der Waals surface area contributed by atoms with Gasteiger partial charge in [-0.25, -0.2) is 13.1 Å². The minimum absolute atomic E-state index is 0.0744. The van der Waals surface area contributed by atoms with Gasteiger partial charge in [0.05, 0.1) is 16.1 Å². The molecule has 0 radical (unpaired) electrons. The minimum atomic E-state index is -3.83. The SMILES string of the molecule is O=S(=O)(NC1CCCCC1O)c1c(Cl)cccc1Cl. The highest BCUT2D eigenvalue weighted by atomic mass is 35.5. The summed E-state index contributed by atoms with van der Waals surface area (Å²) in [5, 5.41) is 9.97. The first-order valence-electron chi connectivity index (χ1n) is 6.06. The van der Waals surface area contributed by atoms with Gasteiger partial charge in [0.1, 0.15) is 4.90 Å². The number of rotatable bonds is 3. The first-order valence-corrected chi connectivity index (χ1v) is 8.30. The molecule has 0 heterocycles. The van der Waals surface area contributed by atoms with Crippen LogP contribution in [0.1, 0.15) is 25.7 Å². The highest BCUT2D eigenvalue weighted by molar-refractivity contribution is 7.89. The molecule has 0 bridgehead atoms. The van der Waals surface area contributed by atoms with Crippen molar-refractivity contribution in [1.82, 2.24) is 4.72 Å². The lowest BCUT2D eigenvalue weighted by molar-refractivity contribution is 0.101. The molecular weight excluding hydrogens is 309 g/mol. The highest BCUT2D eigenvalue weighted by Gasteiger charge is 2.30. The van der Waals surface area contributed by atoms with Gasteiger partial charge in [-0.05, 0) is 25.0 Å². The van der Waals surface area contributed by atoms with E-state index in [-0.39, 0.29) is 14.9 Å². The molecule has 7 heteroatoms. The van der Waals surface area contributed by atoms with E-state index in [1.165, 1.54) is 12.1 Å². The Kier molecular flexibility index (Phi) is 4.74. The molecule has 106 valence electrons. The highest BCUT2D eigenvalue weighted by Crippen LogP contribution is 2.30. The van der Waals surface area contributed by atoms with Gasteiger partial charge in [0.25, 0.3) is 0 Å². The molecule has 1 fully saturated rings. The van der Waals surface area contributed by atoms with Crippen LogP contribution in [-0.2, 0) is 10.0 Å². The summed E-state index contributed by atoms with van der Waals surface area (Å²) in [7, 11) is -3.83. The predicted octanol–water partition coefficient (Wildman–Crippen LogP) is 2.58. The number of hydrogen-bond donors (Lipinski definition) is 2. The van der Waals surface area contributed by atoms with Crippen molar-refractivity contribution in [3.63, 3.8) is 0 Å². The molecule has 1 aliphatic rings. The maximum atomic E-state index is 12.3. The number of halogens is 2. The zero-order valence-electron chi connectivity index (χ0n) is 10.1. The van der Waals surface area contributed by atoms with E-state index >= 15 is 0 Å². The normalized spacial score (nSPS) is 24.4. The van der Waals surface area contributed by atoms with Gasteiger partial charge in [-0.2, -0.15) is 0 Å². The maximum Gasteiger partial charge on any atom is 0.243 e. The van der Waals surface area contributed by atoms with Gasteiger partial charge >= 0.3 is 0 Å². The van der Waals surface area contributed by atoms with Gasteiger partial charge < -0.3 is 5.11 Å². The van der Waals surface area contributed by atoms with Crippen molar-refractivity contribution in [1.29, 1.82) is 0 Å². The summed E-state index contributed by atoms with van der Waals surface area (Å²) in [6.07, 6.45) is 2.35. The second-order valence-corrected chi connectivity index (χ2v) is 7.10. The largest absolute Gasteiger partial charge is 0.391 e. The van der Waals surface area contributed by atoms with Gasteiger partial charge in [-0.15, -0.1) is 0 Å². The Hall–Kier alpha value is -0.330. The first-order chi connectivity index (χ1) is 8.92. The van der Waals surface area contributed by atoms with E-state index in [9.17, 15) is 13.5 Å². The summed E-state index contributed by atoms with van der Waals surface area (Å²) in [5.41, 5.74) is 0. The van der Waals surface area contributed by atoms with Crippen molar-refractivity contribution in [3.05, 3.63) is 28.2 Å². The molecule has 0 saturated heterocycles. The fourth-order valence-electron chi connectivity index (χ4n) is 2.25. The van der Waals surface area contributed by atoms with Crippen molar-refractivity contribution in [2.45, 2.75) is 42.7 Å². The number of hydrogen-bond acceptors (Lipinski definition) is 3. The molecule has 19 heavy (non-hydrogen) atoms. The van der Waals surface area contributed by atoms with Crippen LogP contribution in [0.15, 0.2) is 23.1 Å². The van der Waals surface area contributed by atoms with Crippen molar-refractivity contribution >= 4 is 33.2 Å². The van der Waals surface area contributed by atoms with Crippen molar-refractivity contribution in [2.24, 2.45) is 0 Å². The molecule has 1 saturated carbocycles. The molecule has 2 atom stereocenters. The van der Waals surface area contributed by atoms with Gasteiger partial charge in [0, 0.05) is 6.04 Å². The van der Waals surface area contributed by atoms with E-state index in [0.29, 0.717) is 12.8 Å². The van der Waals surface area contributed by atoms with Gasteiger partial charge in [-0.3, -0.25) is 0 Å². The molecule has 2 rings (SSSR count).